The molecule has 0 aliphatic heterocycles. The largest absolute Gasteiger partial charge is 0.340 e. The third-order valence-electron chi connectivity index (χ3n) is 5.06. The van der Waals surface area contributed by atoms with Gasteiger partial charge >= 0.3 is 0 Å². The number of aromatic amines is 1. The molecule has 0 aliphatic carbocycles. The number of anilines is 1. The number of hydrogen-bond donors (Lipinski definition) is 2. The van der Waals surface area contributed by atoms with Gasteiger partial charge in [-0.05, 0) is 42.7 Å². The first-order valence-electron chi connectivity index (χ1n) is 9.62. The van der Waals surface area contributed by atoms with E-state index in [0.29, 0.717) is 17.3 Å². The standard InChI is InChI=1S/C23H24N4O/c1-4-27-20-8-6-5-7-18(20)13-21(27)19-14-22(26-25-19)24-23(28)17-11-9-16(10-12-17)15(2)3/h5-15H,4H2,1-3H3,(H2,24,25,26,28). The molecule has 1 amide bonds. The minimum Gasteiger partial charge on any atom is -0.340 e. The van der Waals surface area contributed by atoms with Gasteiger partial charge in [0.05, 0.1) is 11.4 Å². The van der Waals surface area contributed by atoms with Crippen LogP contribution in [0.1, 0.15) is 42.6 Å². The van der Waals surface area contributed by atoms with Crippen molar-refractivity contribution < 1.29 is 4.79 Å². The fourth-order valence-electron chi connectivity index (χ4n) is 3.50. The van der Waals surface area contributed by atoms with Crippen molar-refractivity contribution >= 4 is 22.6 Å². The number of hydrogen-bond acceptors (Lipinski definition) is 2. The Morgan fingerprint density at radius 3 is 2.57 bits per heavy atom. The lowest BCUT2D eigenvalue weighted by Crippen LogP contribution is -2.12. The van der Waals surface area contributed by atoms with Crippen molar-refractivity contribution in [2.75, 3.05) is 5.32 Å². The molecule has 0 aliphatic rings. The van der Waals surface area contributed by atoms with E-state index in [9.17, 15) is 4.79 Å². The van der Waals surface area contributed by atoms with Crippen LogP contribution in [0, 0.1) is 0 Å². The highest BCUT2D eigenvalue weighted by Gasteiger charge is 2.14. The quantitative estimate of drug-likeness (QED) is 0.491. The first kappa shape index (κ1) is 18.0. The third kappa shape index (κ3) is 3.31. The Morgan fingerprint density at radius 2 is 1.86 bits per heavy atom. The minimum atomic E-state index is -0.163. The Balaban J connectivity index is 1.57. The van der Waals surface area contributed by atoms with E-state index in [1.165, 1.54) is 16.5 Å². The summed E-state index contributed by atoms with van der Waals surface area (Å²) in [5, 5.41) is 11.4. The molecule has 2 heterocycles. The summed E-state index contributed by atoms with van der Waals surface area (Å²) in [7, 11) is 0. The smallest absolute Gasteiger partial charge is 0.256 e. The van der Waals surface area contributed by atoms with Gasteiger partial charge in [0.25, 0.3) is 5.91 Å². The number of fused-ring (bicyclic) bond motifs is 1. The molecule has 0 radical (unpaired) electrons. The molecule has 2 aromatic carbocycles. The second-order valence-electron chi connectivity index (χ2n) is 7.23. The van der Waals surface area contributed by atoms with E-state index in [2.05, 4.69) is 59.1 Å². The monoisotopic (exact) mass is 372 g/mol. The molecule has 2 aromatic heterocycles. The van der Waals surface area contributed by atoms with Gasteiger partial charge in [-0.1, -0.05) is 44.2 Å². The lowest BCUT2D eigenvalue weighted by atomic mass is 10.0. The topological polar surface area (TPSA) is 62.7 Å². The molecule has 0 fully saturated rings. The fourth-order valence-corrected chi connectivity index (χ4v) is 3.50. The van der Waals surface area contributed by atoms with Crippen LogP contribution in [0.3, 0.4) is 0 Å². The molecule has 0 spiro atoms. The molecule has 142 valence electrons. The molecule has 0 saturated heterocycles. The number of amides is 1. The third-order valence-corrected chi connectivity index (χ3v) is 5.06. The maximum atomic E-state index is 12.5. The lowest BCUT2D eigenvalue weighted by molar-refractivity contribution is 0.102. The number of para-hydroxylation sites is 1. The van der Waals surface area contributed by atoms with E-state index >= 15 is 0 Å². The highest BCUT2D eigenvalue weighted by atomic mass is 16.1. The molecule has 4 aromatic rings. The van der Waals surface area contributed by atoms with Crippen LogP contribution in [0.5, 0.6) is 0 Å². The summed E-state index contributed by atoms with van der Waals surface area (Å²) in [6, 6.07) is 20.0. The predicted octanol–water partition coefficient (Wildman–Crippen LogP) is 5.43. The van der Waals surface area contributed by atoms with Crippen molar-refractivity contribution in [1.29, 1.82) is 0 Å². The zero-order valence-corrected chi connectivity index (χ0v) is 16.4. The van der Waals surface area contributed by atoms with Gasteiger partial charge in [-0.25, -0.2) is 0 Å². The van der Waals surface area contributed by atoms with Crippen molar-refractivity contribution in [2.45, 2.75) is 33.2 Å². The van der Waals surface area contributed by atoms with Crippen molar-refractivity contribution in [3.05, 3.63) is 71.8 Å². The summed E-state index contributed by atoms with van der Waals surface area (Å²) in [4.78, 5) is 12.5. The van der Waals surface area contributed by atoms with Crippen molar-refractivity contribution in [3.8, 4) is 11.4 Å². The van der Waals surface area contributed by atoms with Gasteiger partial charge in [0.1, 0.15) is 0 Å². The predicted molar refractivity (Wildman–Crippen MR) is 114 cm³/mol. The highest BCUT2D eigenvalue weighted by Crippen LogP contribution is 2.28. The number of benzene rings is 2. The maximum absolute atomic E-state index is 12.5. The molecule has 2 N–H and O–H groups in total. The number of aryl methyl sites for hydroxylation is 1. The van der Waals surface area contributed by atoms with Crippen LogP contribution in [0.4, 0.5) is 5.82 Å². The molecule has 0 atom stereocenters. The molecule has 0 bridgehead atoms. The Morgan fingerprint density at radius 1 is 1.11 bits per heavy atom. The molecule has 4 rings (SSSR count). The van der Waals surface area contributed by atoms with Gasteiger partial charge in [0, 0.05) is 29.1 Å². The number of carbonyl (C=O) groups is 1. The zero-order valence-electron chi connectivity index (χ0n) is 16.4. The average molecular weight is 372 g/mol. The Bertz CT molecular complexity index is 1120. The van der Waals surface area contributed by atoms with E-state index in [-0.39, 0.29) is 5.91 Å². The van der Waals surface area contributed by atoms with Crippen LogP contribution in [0.2, 0.25) is 0 Å². The number of nitrogens with one attached hydrogen (secondary N) is 2. The molecule has 5 nitrogen and oxygen atoms in total. The normalized spacial score (nSPS) is 11.3. The zero-order chi connectivity index (χ0) is 19.7. The maximum Gasteiger partial charge on any atom is 0.256 e. The highest BCUT2D eigenvalue weighted by molar-refractivity contribution is 6.04. The molecule has 0 unspecified atom stereocenters. The minimum absolute atomic E-state index is 0.163. The second-order valence-corrected chi connectivity index (χ2v) is 7.23. The van der Waals surface area contributed by atoms with Crippen LogP contribution < -0.4 is 5.32 Å². The summed E-state index contributed by atoms with van der Waals surface area (Å²) < 4.78 is 2.24. The van der Waals surface area contributed by atoms with Gasteiger partial charge in [-0.2, -0.15) is 5.10 Å². The van der Waals surface area contributed by atoms with E-state index in [1.807, 2.05) is 42.5 Å². The Hall–Kier alpha value is -3.34. The van der Waals surface area contributed by atoms with Gasteiger partial charge in [0.2, 0.25) is 0 Å². The molecule has 28 heavy (non-hydrogen) atoms. The second kappa shape index (κ2) is 7.35. The number of aromatic nitrogens is 3. The molecule has 0 saturated carbocycles. The number of carbonyl (C=O) groups excluding carboxylic acids is 1. The SMILES string of the molecule is CCn1c(-c2cc(NC(=O)c3ccc(C(C)C)cc3)n[nH]2)cc2ccccc21. The van der Waals surface area contributed by atoms with E-state index in [0.717, 1.165) is 17.9 Å². The summed E-state index contributed by atoms with van der Waals surface area (Å²) in [5.41, 5.74) is 4.95. The van der Waals surface area contributed by atoms with Gasteiger partial charge in [-0.3, -0.25) is 9.89 Å². The van der Waals surface area contributed by atoms with Crippen LogP contribution >= 0.6 is 0 Å². The van der Waals surface area contributed by atoms with Crippen molar-refractivity contribution in [2.24, 2.45) is 0 Å². The van der Waals surface area contributed by atoms with Crippen LogP contribution in [-0.4, -0.2) is 20.7 Å². The fraction of sp³-hybridized carbons (Fsp3) is 0.217. The summed E-state index contributed by atoms with van der Waals surface area (Å²) in [6.45, 7) is 7.24. The van der Waals surface area contributed by atoms with Crippen LogP contribution in [-0.2, 0) is 6.54 Å². The van der Waals surface area contributed by atoms with Crippen molar-refractivity contribution in [1.82, 2.24) is 14.8 Å². The number of H-pyrrole nitrogens is 1. The first-order chi connectivity index (χ1) is 13.6. The molecular formula is C23H24N4O. The van der Waals surface area contributed by atoms with E-state index in [4.69, 9.17) is 0 Å². The first-order valence-corrected chi connectivity index (χ1v) is 9.62. The van der Waals surface area contributed by atoms with Crippen LogP contribution in [0.15, 0.2) is 60.7 Å². The van der Waals surface area contributed by atoms with Crippen molar-refractivity contribution in [3.63, 3.8) is 0 Å². The van der Waals surface area contributed by atoms with E-state index < -0.39 is 0 Å². The number of nitrogens with zero attached hydrogens (tertiary/aromatic N) is 2. The Kier molecular flexibility index (Phi) is 4.74. The number of rotatable bonds is 5. The van der Waals surface area contributed by atoms with Crippen LogP contribution in [0.25, 0.3) is 22.3 Å². The molecule has 5 heteroatoms. The average Bonchev–Trinajstić information content (AvgIpc) is 3.31. The summed E-state index contributed by atoms with van der Waals surface area (Å²) >= 11 is 0. The lowest BCUT2D eigenvalue weighted by Gasteiger charge is -2.06. The Labute approximate surface area is 164 Å². The summed E-state index contributed by atoms with van der Waals surface area (Å²) in [6.07, 6.45) is 0. The molecular weight excluding hydrogens is 348 g/mol. The van der Waals surface area contributed by atoms with Gasteiger partial charge in [-0.15, -0.1) is 0 Å². The van der Waals surface area contributed by atoms with Gasteiger partial charge < -0.3 is 9.88 Å². The van der Waals surface area contributed by atoms with E-state index in [1.54, 1.807) is 0 Å². The van der Waals surface area contributed by atoms with Gasteiger partial charge in [0.15, 0.2) is 5.82 Å². The summed E-state index contributed by atoms with van der Waals surface area (Å²) in [5.74, 6) is 0.793.